The minimum atomic E-state index is -4.48. The van der Waals surface area contributed by atoms with Crippen molar-refractivity contribution in [2.24, 2.45) is 5.73 Å². The smallest absolute Gasteiger partial charge is 0.418 e. The molecule has 4 nitrogen and oxygen atoms in total. The van der Waals surface area contributed by atoms with E-state index < -0.39 is 23.8 Å². The van der Waals surface area contributed by atoms with Gasteiger partial charge in [-0.25, -0.2) is 4.79 Å². The standard InChI is InChI=1S/C13H13F3N2O2/c1-2-20-12(19)10(17)8-6-18-11-7(8)4-3-5-9(11)13(14,15)16/h3-6,10,18H,2,17H2,1H3. The maximum absolute atomic E-state index is 12.9. The molecule has 20 heavy (non-hydrogen) atoms. The zero-order chi connectivity index (χ0) is 14.9. The van der Waals surface area contributed by atoms with Gasteiger partial charge in [0.05, 0.1) is 17.7 Å². The number of hydrogen-bond acceptors (Lipinski definition) is 3. The number of carbonyl (C=O) groups excluding carboxylic acids is 1. The fraction of sp³-hybridized carbons (Fsp3) is 0.308. The zero-order valence-electron chi connectivity index (χ0n) is 10.6. The molecule has 0 saturated heterocycles. The van der Waals surface area contributed by atoms with Gasteiger partial charge in [0.25, 0.3) is 0 Å². The number of para-hydroxylation sites is 1. The highest BCUT2D eigenvalue weighted by Gasteiger charge is 2.34. The van der Waals surface area contributed by atoms with Gasteiger partial charge in [-0.3, -0.25) is 0 Å². The molecular formula is C13H13F3N2O2. The van der Waals surface area contributed by atoms with Crippen molar-refractivity contribution in [3.63, 3.8) is 0 Å². The summed E-state index contributed by atoms with van der Waals surface area (Å²) in [6.45, 7) is 1.78. The van der Waals surface area contributed by atoms with Crippen molar-refractivity contribution < 1.29 is 22.7 Å². The Balaban J connectivity index is 2.51. The predicted octanol–water partition coefficient (Wildman–Crippen LogP) is 2.75. The van der Waals surface area contributed by atoms with Crippen LogP contribution in [0.4, 0.5) is 13.2 Å². The Morgan fingerprint density at radius 3 is 2.75 bits per heavy atom. The lowest BCUT2D eigenvalue weighted by Gasteiger charge is -2.11. The molecule has 1 atom stereocenters. The first-order valence-electron chi connectivity index (χ1n) is 5.95. The maximum Gasteiger partial charge on any atom is 0.418 e. The van der Waals surface area contributed by atoms with E-state index >= 15 is 0 Å². The number of ether oxygens (including phenoxy) is 1. The SMILES string of the molecule is CCOC(=O)C(N)c1c[nH]c2c(C(F)(F)F)cccc12. The van der Waals surface area contributed by atoms with Crippen molar-refractivity contribution >= 4 is 16.9 Å². The van der Waals surface area contributed by atoms with Gasteiger partial charge in [-0.1, -0.05) is 12.1 Å². The Kier molecular flexibility index (Phi) is 3.71. The first-order chi connectivity index (χ1) is 9.36. The minimum absolute atomic E-state index is 0.0882. The van der Waals surface area contributed by atoms with E-state index in [2.05, 4.69) is 4.98 Å². The van der Waals surface area contributed by atoms with Crippen LogP contribution < -0.4 is 5.73 Å². The summed E-state index contributed by atoms with van der Waals surface area (Å²) >= 11 is 0. The lowest BCUT2D eigenvalue weighted by molar-refractivity contribution is -0.144. The lowest BCUT2D eigenvalue weighted by atomic mass is 10.0. The second-order valence-electron chi connectivity index (χ2n) is 4.20. The number of fused-ring (bicyclic) bond motifs is 1. The van der Waals surface area contributed by atoms with E-state index in [-0.39, 0.29) is 23.1 Å². The van der Waals surface area contributed by atoms with E-state index in [1.54, 1.807) is 6.92 Å². The molecule has 2 rings (SSSR count). The van der Waals surface area contributed by atoms with Crippen LogP contribution in [0, 0.1) is 0 Å². The zero-order valence-corrected chi connectivity index (χ0v) is 10.6. The quantitative estimate of drug-likeness (QED) is 0.852. The number of nitrogens with one attached hydrogen (secondary N) is 1. The first-order valence-corrected chi connectivity index (χ1v) is 5.95. The Hall–Kier alpha value is -2.02. The molecule has 108 valence electrons. The van der Waals surface area contributed by atoms with Crippen molar-refractivity contribution in [2.75, 3.05) is 6.61 Å². The van der Waals surface area contributed by atoms with Crippen LogP contribution in [0.1, 0.15) is 24.1 Å². The summed E-state index contributed by atoms with van der Waals surface area (Å²) in [5.41, 5.74) is 5.12. The molecule has 1 aromatic heterocycles. The van der Waals surface area contributed by atoms with Gasteiger partial charge >= 0.3 is 12.1 Å². The normalized spacial score (nSPS) is 13.4. The van der Waals surface area contributed by atoms with E-state index in [1.807, 2.05) is 0 Å². The van der Waals surface area contributed by atoms with E-state index in [4.69, 9.17) is 10.5 Å². The highest BCUT2D eigenvalue weighted by Crippen LogP contribution is 2.36. The molecule has 1 aromatic carbocycles. The summed E-state index contributed by atoms with van der Waals surface area (Å²) in [7, 11) is 0. The summed E-state index contributed by atoms with van der Waals surface area (Å²) < 4.78 is 43.4. The van der Waals surface area contributed by atoms with Gasteiger partial charge < -0.3 is 15.5 Å². The van der Waals surface area contributed by atoms with Gasteiger partial charge in [-0.05, 0) is 13.0 Å². The van der Waals surface area contributed by atoms with Crippen LogP contribution in [0.15, 0.2) is 24.4 Å². The molecule has 0 aliphatic heterocycles. The third-order valence-corrected chi connectivity index (χ3v) is 2.93. The highest BCUT2D eigenvalue weighted by atomic mass is 19.4. The molecule has 0 amide bonds. The monoisotopic (exact) mass is 286 g/mol. The fourth-order valence-corrected chi connectivity index (χ4v) is 2.03. The van der Waals surface area contributed by atoms with Crippen LogP contribution in [-0.4, -0.2) is 17.6 Å². The molecule has 7 heteroatoms. The summed E-state index contributed by atoms with van der Waals surface area (Å²) in [5.74, 6) is -0.675. The maximum atomic E-state index is 12.9. The number of aromatic nitrogens is 1. The average molecular weight is 286 g/mol. The largest absolute Gasteiger partial charge is 0.465 e. The summed E-state index contributed by atoms with van der Waals surface area (Å²) in [4.78, 5) is 14.1. The number of halogens is 3. The minimum Gasteiger partial charge on any atom is -0.465 e. The van der Waals surface area contributed by atoms with Gasteiger partial charge in [0.2, 0.25) is 0 Å². The molecule has 1 heterocycles. The number of carbonyl (C=O) groups is 1. The van der Waals surface area contributed by atoms with Crippen LogP contribution in [0.5, 0.6) is 0 Å². The Labute approximate surface area is 112 Å². The molecule has 2 aromatic rings. The molecule has 0 radical (unpaired) electrons. The summed E-state index contributed by atoms with van der Waals surface area (Å²) in [6, 6.07) is 2.61. The van der Waals surface area contributed by atoms with Crippen LogP contribution in [-0.2, 0) is 15.7 Å². The average Bonchev–Trinajstić information content (AvgIpc) is 2.80. The van der Waals surface area contributed by atoms with Gasteiger partial charge in [0, 0.05) is 17.1 Å². The number of alkyl halides is 3. The molecule has 3 N–H and O–H groups in total. The van der Waals surface area contributed by atoms with E-state index in [1.165, 1.54) is 18.3 Å². The number of esters is 1. The first kappa shape index (κ1) is 14.4. The van der Waals surface area contributed by atoms with Crippen LogP contribution in [0.2, 0.25) is 0 Å². The van der Waals surface area contributed by atoms with Gasteiger partial charge in [0.15, 0.2) is 0 Å². The van der Waals surface area contributed by atoms with Crippen molar-refractivity contribution in [1.29, 1.82) is 0 Å². The topological polar surface area (TPSA) is 68.1 Å². The molecular weight excluding hydrogens is 273 g/mol. The number of nitrogens with two attached hydrogens (primary N) is 1. The molecule has 1 unspecified atom stereocenters. The van der Waals surface area contributed by atoms with Crippen molar-refractivity contribution in [3.05, 3.63) is 35.5 Å². The molecule has 0 spiro atoms. The van der Waals surface area contributed by atoms with Gasteiger partial charge in [-0.15, -0.1) is 0 Å². The van der Waals surface area contributed by atoms with Crippen molar-refractivity contribution in [3.8, 4) is 0 Å². The molecule has 0 bridgehead atoms. The van der Waals surface area contributed by atoms with Crippen LogP contribution >= 0.6 is 0 Å². The summed E-state index contributed by atoms with van der Waals surface area (Å²) in [5, 5.41) is 0.264. The van der Waals surface area contributed by atoms with E-state index in [0.29, 0.717) is 0 Å². The Morgan fingerprint density at radius 1 is 1.45 bits per heavy atom. The number of aromatic amines is 1. The third kappa shape index (κ3) is 2.49. The molecule has 0 fully saturated rings. The number of H-pyrrole nitrogens is 1. The Morgan fingerprint density at radius 2 is 2.15 bits per heavy atom. The second-order valence-corrected chi connectivity index (χ2v) is 4.20. The summed E-state index contributed by atoms with van der Waals surface area (Å²) in [6.07, 6.45) is -3.17. The second kappa shape index (κ2) is 5.16. The van der Waals surface area contributed by atoms with Crippen LogP contribution in [0.3, 0.4) is 0 Å². The lowest BCUT2D eigenvalue weighted by Crippen LogP contribution is -2.23. The van der Waals surface area contributed by atoms with Crippen LogP contribution in [0.25, 0.3) is 10.9 Å². The molecule has 0 saturated carbocycles. The number of rotatable bonds is 3. The number of benzene rings is 1. The fourth-order valence-electron chi connectivity index (χ4n) is 2.03. The third-order valence-electron chi connectivity index (χ3n) is 2.93. The van der Waals surface area contributed by atoms with Gasteiger partial charge in [0.1, 0.15) is 6.04 Å². The van der Waals surface area contributed by atoms with Gasteiger partial charge in [-0.2, -0.15) is 13.2 Å². The molecule has 0 aliphatic carbocycles. The Bertz CT molecular complexity index is 634. The molecule has 0 aliphatic rings. The van der Waals surface area contributed by atoms with E-state index in [0.717, 1.165) is 6.07 Å². The van der Waals surface area contributed by atoms with Crippen molar-refractivity contribution in [2.45, 2.75) is 19.1 Å². The highest BCUT2D eigenvalue weighted by molar-refractivity contribution is 5.91. The predicted molar refractivity (Wildman–Crippen MR) is 66.9 cm³/mol. The van der Waals surface area contributed by atoms with Crippen molar-refractivity contribution in [1.82, 2.24) is 4.98 Å². The number of hydrogen-bond donors (Lipinski definition) is 2. The van der Waals surface area contributed by atoms with E-state index in [9.17, 15) is 18.0 Å².